The van der Waals surface area contributed by atoms with E-state index in [4.69, 9.17) is 4.74 Å². The Bertz CT molecular complexity index is 1300. The quantitative estimate of drug-likeness (QED) is 0.281. The minimum Gasteiger partial charge on any atom is -0.507 e. The number of nitrogens with zero attached hydrogens (tertiary/aromatic N) is 2. The summed E-state index contributed by atoms with van der Waals surface area (Å²) in [5.74, 6) is -0.805. The zero-order valence-electron chi connectivity index (χ0n) is 21.2. The van der Waals surface area contributed by atoms with Crippen LogP contribution >= 0.6 is 0 Å². The van der Waals surface area contributed by atoms with Crippen molar-refractivity contribution in [2.24, 2.45) is 0 Å². The summed E-state index contributed by atoms with van der Waals surface area (Å²) in [4.78, 5) is 30.0. The van der Waals surface area contributed by atoms with Crippen LogP contribution in [0.25, 0.3) is 5.76 Å². The first-order valence-electron chi connectivity index (χ1n) is 12.0. The van der Waals surface area contributed by atoms with Gasteiger partial charge in [0.05, 0.1) is 11.6 Å². The number of rotatable bonds is 8. The fourth-order valence-electron chi connectivity index (χ4n) is 4.42. The van der Waals surface area contributed by atoms with Crippen LogP contribution in [0.1, 0.15) is 33.9 Å². The highest BCUT2D eigenvalue weighted by molar-refractivity contribution is 6.46. The summed E-state index contributed by atoms with van der Waals surface area (Å²) >= 11 is 0. The molecule has 1 N–H and O–H groups in total. The number of aliphatic hydroxyl groups excluding tert-OH is 1. The smallest absolute Gasteiger partial charge is 0.295 e. The summed E-state index contributed by atoms with van der Waals surface area (Å²) in [6, 6.07) is 22.2. The Morgan fingerprint density at radius 1 is 0.972 bits per heavy atom. The number of carbonyl (C=O) groups is 2. The zero-order chi connectivity index (χ0) is 25.8. The third kappa shape index (κ3) is 5.34. The lowest BCUT2D eigenvalue weighted by Crippen LogP contribution is -2.35. The van der Waals surface area contributed by atoms with Crippen molar-refractivity contribution in [2.45, 2.75) is 26.5 Å². The average molecular weight is 485 g/mol. The van der Waals surface area contributed by atoms with Crippen LogP contribution in [0.15, 0.2) is 78.4 Å². The van der Waals surface area contributed by atoms with Gasteiger partial charge in [-0.25, -0.2) is 0 Å². The normalized spacial score (nSPS) is 17.1. The van der Waals surface area contributed by atoms with Crippen molar-refractivity contribution < 1.29 is 19.4 Å². The maximum Gasteiger partial charge on any atom is 0.295 e. The molecule has 0 aliphatic carbocycles. The lowest BCUT2D eigenvalue weighted by atomic mass is 9.93. The van der Waals surface area contributed by atoms with Crippen molar-refractivity contribution in [1.29, 1.82) is 0 Å². The molecule has 3 aromatic rings. The van der Waals surface area contributed by atoms with Gasteiger partial charge >= 0.3 is 0 Å². The predicted octanol–water partition coefficient (Wildman–Crippen LogP) is 4.87. The van der Waals surface area contributed by atoms with E-state index in [1.165, 1.54) is 0 Å². The number of ether oxygens (including phenoxy) is 1. The molecule has 0 bridgehead atoms. The van der Waals surface area contributed by atoms with Crippen LogP contribution in [0.3, 0.4) is 0 Å². The number of ketones is 1. The lowest BCUT2D eigenvalue weighted by Gasteiger charge is -2.27. The molecule has 3 aromatic carbocycles. The highest BCUT2D eigenvalue weighted by atomic mass is 16.5. The van der Waals surface area contributed by atoms with Gasteiger partial charge < -0.3 is 19.6 Å². The largest absolute Gasteiger partial charge is 0.507 e. The van der Waals surface area contributed by atoms with Crippen molar-refractivity contribution in [3.05, 3.63) is 106 Å². The van der Waals surface area contributed by atoms with E-state index >= 15 is 0 Å². The van der Waals surface area contributed by atoms with Gasteiger partial charge in [-0.1, -0.05) is 60.2 Å². The number of carbonyl (C=O) groups excluding carboxylic acids is 2. The van der Waals surface area contributed by atoms with Crippen molar-refractivity contribution in [1.82, 2.24) is 9.80 Å². The van der Waals surface area contributed by atoms with Crippen molar-refractivity contribution in [3.63, 3.8) is 0 Å². The molecule has 6 heteroatoms. The van der Waals surface area contributed by atoms with Gasteiger partial charge in [0.25, 0.3) is 11.7 Å². The molecule has 1 unspecified atom stereocenters. The van der Waals surface area contributed by atoms with Crippen molar-refractivity contribution in [2.75, 3.05) is 27.2 Å². The molecule has 1 aliphatic rings. The predicted molar refractivity (Wildman–Crippen MR) is 141 cm³/mol. The fourth-order valence-corrected chi connectivity index (χ4v) is 4.42. The standard InChI is InChI=1S/C30H32N2O4/c1-20-13-14-21(2)25(17-20)28(33)26-27(32(16-15-31(3)4)30(35)29(26)34)23-11-8-12-24(18-23)36-19-22-9-6-5-7-10-22/h5-14,17-18,27,33H,15-16,19H2,1-4H3/b28-26+. The van der Waals surface area contributed by atoms with E-state index in [0.29, 0.717) is 36.6 Å². The zero-order valence-corrected chi connectivity index (χ0v) is 21.2. The molecular formula is C30H32N2O4. The van der Waals surface area contributed by atoms with E-state index < -0.39 is 17.7 Å². The molecule has 1 atom stereocenters. The van der Waals surface area contributed by atoms with Gasteiger partial charge in [-0.2, -0.15) is 0 Å². The van der Waals surface area contributed by atoms with Gasteiger partial charge in [0.2, 0.25) is 0 Å². The van der Waals surface area contributed by atoms with E-state index in [1.54, 1.807) is 4.90 Å². The Labute approximate surface area is 212 Å². The number of aryl methyl sites for hydroxylation is 2. The Morgan fingerprint density at radius 2 is 1.72 bits per heavy atom. The van der Waals surface area contributed by atoms with Crippen LogP contribution in [0, 0.1) is 13.8 Å². The van der Waals surface area contributed by atoms with Crippen molar-refractivity contribution in [3.8, 4) is 5.75 Å². The number of aliphatic hydroxyl groups is 1. The topological polar surface area (TPSA) is 70.1 Å². The van der Waals surface area contributed by atoms with Crippen LogP contribution in [0.2, 0.25) is 0 Å². The van der Waals surface area contributed by atoms with Gasteiger partial charge in [0.15, 0.2) is 0 Å². The molecule has 0 spiro atoms. The van der Waals surface area contributed by atoms with E-state index in [0.717, 1.165) is 16.7 Å². The highest BCUT2D eigenvalue weighted by Gasteiger charge is 2.46. The third-order valence-corrected chi connectivity index (χ3v) is 6.40. The number of likely N-dealkylation sites (tertiary alicyclic amines) is 1. The summed E-state index contributed by atoms with van der Waals surface area (Å²) in [7, 11) is 3.83. The second-order valence-corrected chi connectivity index (χ2v) is 9.46. The second kappa shape index (κ2) is 10.8. The van der Waals surface area contributed by atoms with Crippen LogP contribution in [-0.2, 0) is 16.2 Å². The van der Waals surface area contributed by atoms with E-state index in [1.807, 2.05) is 106 Å². The molecule has 0 aromatic heterocycles. The number of benzene rings is 3. The van der Waals surface area contributed by atoms with Crippen LogP contribution in [0.5, 0.6) is 5.75 Å². The maximum absolute atomic E-state index is 13.3. The maximum atomic E-state index is 13.3. The Kier molecular flexibility index (Phi) is 7.55. The number of Topliss-reactive ketones (excluding diaryl/α,β-unsaturated/α-hetero) is 1. The van der Waals surface area contributed by atoms with E-state index in [2.05, 4.69) is 0 Å². The van der Waals surface area contributed by atoms with Crippen LogP contribution < -0.4 is 4.74 Å². The summed E-state index contributed by atoms with van der Waals surface area (Å²) in [5, 5.41) is 11.4. The molecule has 36 heavy (non-hydrogen) atoms. The lowest BCUT2D eigenvalue weighted by molar-refractivity contribution is -0.140. The van der Waals surface area contributed by atoms with Gasteiger partial charge in [-0.3, -0.25) is 9.59 Å². The molecular weight excluding hydrogens is 452 g/mol. The summed E-state index contributed by atoms with van der Waals surface area (Å²) in [6.07, 6.45) is 0. The molecule has 0 saturated carbocycles. The Morgan fingerprint density at radius 3 is 2.44 bits per heavy atom. The van der Waals surface area contributed by atoms with Gasteiger partial charge in [-0.15, -0.1) is 0 Å². The molecule has 0 radical (unpaired) electrons. The number of hydrogen-bond donors (Lipinski definition) is 1. The van der Waals surface area contributed by atoms with Crippen LogP contribution in [0.4, 0.5) is 0 Å². The van der Waals surface area contributed by atoms with Gasteiger partial charge in [0, 0.05) is 18.7 Å². The first-order valence-corrected chi connectivity index (χ1v) is 12.0. The first-order chi connectivity index (χ1) is 17.3. The summed E-state index contributed by atoms with van der Waals surface area (Å²) < 4.78 is 6.02. The molecule has 1 aliphatic heterocycles. The molecule has 1 heterocycles. The fraction of sp³-hybridized carbons (Fsp3) is 0.267. The third-order valence-electron chi connectivity index (χ3n) is 6.40. The van der Waals surface area contributed by atoms with Crippen LogP contribution in [-0.4, -0.2) is 53.8 Å². The molecule has 1 fully saturated rings. The number of likely N-dealkylation sites (N-methyl/N-ethyl adjacent to an activating group) is 1. The Hall–Kier alpha value is -3.90. The molecule has 186 valence electrons. The minimum absolute atomic E-state index is 0.104. The van der Waals surface area contributed by atoms with Gasteiger partial charge in [0.1, 0.15) is 18.1 Å². The number of hydrogen-bond acceptors (Lipinski definition) is 5. The van der Waals surface area contributed by atoms with Gasteiger partial charge in [-0.05, 0) is 62.8 Å². The monoisotopic (exact) mass is 484 g/mol. The second-order valence-electron chi connectivity index (χ2n) is 9.46. The molecule has 1 saturated heterocycles. The summed E-state index contributed by atoms with van der Waals surface area (Å²) in [6.45, 7) is 5.13. The van der Waals surface area contributed by atoms with E-state index in [-0.39, 0.29) is 11.3 Å². The average Bonchev–Trinajstić information content (AvgIpc) is 3.13. The minimum atomic E-state index is -0.717. The van der Waals surface area contributed by atoms with E-state index in [9.17, 15) is 14.7 Å². The highest BCUT2D eigenvalue weighted by Crippen LogP contribution is 2.40. The molecule has 4 rings (SSSR count). The Balaban J connectivity index is 1.77. The van der Waals surface area contributed by atoms with Crippen molar-refractivity contribution >= 4 is 17.4 Å². The summed E-state index contributed by atoms with van der Waals surface area (Å²) in [5.41, 5.74) is 4.20. The number of amides is 1. The first kappa shape index (κ1) is 25.2. The SMILES string of the molecule is Cc1ccc(C)c(/C(O)=C2\C(=O)C(=O)N(CCN(C)C)C2c2cccc(OCc3ccccc3)c2)c1. The molecule has 1 amide bonds. The molecule has 6 nitrogen and oxygen atoms in total.